The molecule has 10 heteroatoms. The maximum absolute atomic E-state index is 13.5. The molecule has 4 rings (SSSR count). The van der Waals surface area contributed by atoms with Crippen molar-refractivity contribution in [2.75, 3.05) is 71.6 Å². The first-order chi connectivity index (χ1) is 16.4. The summed E-state index contributed by atoms with van der Waals surface area (Å²) in [7, 11) is -0.602. The predicted molar refractivity (Wildman–Crippen MR) is 128 cm³/mol. The minimum atomic E-state index is -3.72. The SMILES string of the molecule is COc1ccc(N2CCCN(C(=O)c3cc(S(=O)(=O)N4CCOCC4)ccc3OC)CC2)cc1. The Morgan fingerprint density at radius 1 is 0.882 bits per heavy atom. The molecule has 2 heterocycles. The molecular formula is C24H31N3O6S. The number of hydrogen-bond donors (Lipinski definition) is 0. The van der Waals surface area contributed by atoms with Crippen molar-refractivity contribution in [2.45, 2.75) is 11.3 Å². The van der Waals surface area contributed by atoms with Gasteiger partial charge in [0.1, 0.15) is 11.5 Å². The fourth-order valence-corrected chi connectivity index (χ4v) is 5.73. The van der Waals surface area contributed by atoms with E-state index in [0.717, 1.165) is 24.4 Å². The second kappa shape index (κ2) is 10.6. The quantitative estimate of drug-likeness (QED) is 0.614. The third-order valence-corrected chi connectivity index (χ3v) is 8.12. The van der Waals surface area contributed by atoms with E-state index >= 15 is 0 Å². The van der Waals surface area contributed by atoms with Gasteiger partial charge in [0.2, 0.25) is 10.0 Å². The lowest BCUT2D eigenvalue weighted by Crippen LogP contribution is -2.40. The van der Waals surface area contributed by atoms with Gasteiger partial charge >= 0.3 is 0 Å². The zero-order chi connectivity index (χ0) is 24.1. The van der Waals surface area contributed by atoms with Gasteiger partial charge in [-0.05, 0) is 48.9 Å². The number of rotatable bonds is 6. The Bertz CT molecular complexity index is 1100. The largest absolute Gasteiger partial charge is 0.497 e. The van der Waals surface area contributed by atoms with Crippen LogP contribution in [0.1, 0.15) is 16.8 Å². The molecule has 0 N–H and O–H groups in total. The second-order valence-corrected chi connectivity index (χ2v) is 10.1. The van der Waals surface area contributed by atoms with Crippen LogP contribution < -0.4 is 14.4 Å². The minimum absolute atomic E-state index is 0.0910. The Morgan fingerprint density at radius 2 is 1.62 bits per heavy atom. The molecule has 1 amide bonds. The van der Waals surface area contributed by atoms with Crippen LogP contribution in [-0.4, -0.2) is 90.2 Å². The number of amides is 1. The number of anilines is 1. The monoisotopic (exact) mass is 489 g/mol. The highest BCUT2D eigenvalue weighted by Gasteiger charge is 2.29. The molecule has 0 saturated carbocycles. The Labute approximate surface area is 200 Å². The number of sulfonamides is 1. The molecule has 2 aliphatic rings. The first-order valence-corrected chi connectivity index (χ1v) is 12.8. The highest BCUT2D eigenvalue weighted by molar-refractivity contribution is 7.89. The van der Waals surface area contributed by atoms with E-state index in [1.165, 1.54) is 23.5 Å². The number of carbonyl (C=O) groups is 1. The van der Waals surface area contributed by atoms with Crippen molar-refractivity contribution in [2.24, 2.45) is 0 Å². The van der Waals surface area contributed by atoms with Crippen molar-refractivity contribution < 1.29 is 27.4 Å². The number of methoxy groups -OCH3 is 2. The summed E-state index contributed by atoms with van der Waals surface area (Å²) in [5.41, 5.74) is 1.33. The van der Waals surface area contributed by atoms with Gasteiger partial charge in [0.15, 0.2) is 0 Å². The van der Waals surface area contributed by atoms with Crippen molar-refractivity contribution in [3.8, 4) is 11.5 Å². The maximum Gasteiger partial charge on any atom is 0.257 e. The van der Waals surface area contributed by atoms with Crippen molar-refractivity contribution in [1.29, 1.82) is 0 Å². The molecule has 0 atom stereocenters. The van der Waals surface area contributed by atoms with E-state index in [-0.39, 0.29) is 16.4 Å². The Morgan fingerprint density at radius 3 is 2.29 bits per heavy atom. The number of hydrogen-bond acceptors (Lipinski definition) is 7. The molecule has 0 aromatic heterocycles. The second-order valence-electron chi connectivity index (χ2n) is 8.21. The van der Waals surface area contributed by atoms with Gasteiger partial charge < -0.3 is 24.0 Å². The summed E-state index contributed by atoms with van der Waals surface area (Å²) in [5.74, 6) is 0.934. The molecule has 0 bridgehead atoms. The molecule has 9 nitrogen and oxygen atoms in total. The third kappa shape index (κ3) is 5.13. The molecule has 0 unspecified atom stereocenters. The highest BCUT2D eigenvalue weighted by atomic mass is 32.2. The molecule has 184 valence electrons. The summed E-state index contributed by atoms with van der Waals surface area (Å²) in [6.07, 6.45) is 0.797. The van der Waals surface area contributed by atoms with Crippen molar-refractivity contribution in [3.63, 3.8) is 0 Å². The molecule has 2 fully saturated rings. The number of carbonyl (C=O) groups excluding carboxylic acids is 1. The van der Waals surface area contributed by atoms with Crippen LogP contribution in [-0.2, 0) is 14.8 Å². The lowest BCUT2D eigenvalue weighted by molar-refractivity contribution is 0.0729. The fourth-order valence-electron chi connectivity index (χ4n) is 4.29. The van der Waals surface area contributed by atoms with E-state index in [4.69, 9.17) is 14.2 Å². The van der Waals surface area contributed by atoms with E-state index in [9.17, 15) is 13.2 Å². The maximum atomic E-state index is 13.5. The molecule has 2 aliphatic heterocycles. The smallest absolute Gasteiger partial charge is 0.257 e. The Hall–Kier alpha value is -2.82. The van der Waals surface area contributed by atoms with E-state index in [1.807, 2.05) is 24.3 Å². The van der Waals surface area contributed by atoms with Gasteiger partial charge in [-0.1, -0.05) is 0 Å². The summed E-state index contributed by atoms with van der Waals surface area (Å²) < 4.78 is 43.6. The van der Waals surface area contributed by atoms with Gasteiger partial charge in [0.05, 0.1) is 37.9 Å². The number of nitrogens with zero attached hydrogens (tertiary/aromatic N) is 3. The van der Waals surface area contributed by atoms with Crippen LogP contribution >= 0.6 is 0 Å². The number of benzene rings is 2. The number of ether oxygens (including phenoxy) is 3. The molecule has 34 heavy (non-hydrogen) atoms. The van der Waals surface area contributed by atoms with Gasteiger partial charge in [-0.3, -0.25) is 4.79 Å². The van der Waals surface area contributed by atoms with Crippen LogP contribution in [0.15, 0.2) is 47.4 Å². The highest BCUT2D eigenvalue weighted by Crippen LogP contribution is 2.27. The lowest BCUT2D eigenvalue weighted by Gasteiger charge is -2.27. The molecule has 0 spiro atoms. The molecule has 2 aromatic carbocycles. The van der Waals surface area contributed by atoms with Gasteiger partial charge in [-0.25, -0.2) is 8.42 Å². The van der Waals surface area contributed by atoms with Crippen molar-refractivity contribution in [3.05, 3.63) is 48.0 Å². The first kappa shape index (κ1) is 24.3. The number of morpholine rings is 1. The zero-order valence-corrected chi connectivity index (χ0v) is 20.4. The summed E-state index contributed by atoms with van der Waals surface area (Å²) in [4.78, 5) is 17.6. The van der Waals surface area contributed by atoms with Crippen LogP contribution in [0.3, 0.4) is 0 Å². The molecule has 0 aliphatic carbocycles. The molecule has 0 radical (unpaired) electrons. The molecule has 2 aromatic rings. The van der Waals surface area contributed by atoms with Crippen LogP contribution in [0.2, 0.25) is 0 Å². The average Bonchev–Trinajstić information content (AvgIpc) is 3.15. The van der Waals surface area contributed by atoms with Gasteiger partial charge in [-0.2, -0.15) is 4.31 Å². The van der Waals surface area contributed by atoms with Crippen LogP contribution in [0.4, 0.5) is 5.69 Å². The zero-order valence-electron chi connectivity index (χ0n) is 19.6. The van der Waals surface area contributed by atoms with Crippen molar-refractivity contribution >= 4 is 21.6 Å². The topological polar surface area (TPSA) is 88.6 Å². The van der Waals surface area contributed by atoms with E-state index < -0.39 is 10.0 Å². The first-order valence-electron chi connectivity index (χ1n) is 11.4. The summed E-state index contributed by atoms with van der Waals surface area (Å²) in [5, 5.41) is 0. The summed E-state index contributed by atoms with van der Waals surface area (Å²) >= 11 is 0. The molecular weight excluding hydrogens is 458 g/mol. The lowest BCUT2D eigenvalue weighted by atomic mass is 10.1. The standard InChI is InChI=1S/C24H31N3O6S/c1-31-20-6-4-19(5-7-20)25-10-3-11-26(13-12-25)24(28)22-18-21(8-9-23(22)32-2)34(29,30)27-14-16-33-17-15-27/h4-9,18H,3,10-17H2,1-2H3. The molecule has 2 saturated heterocycles. The van der Waals surface area contributed by atoms with E-state index in [0.29, 0.717) is 51.7 Å². The minimum Gasteiger partial charge on any atom is -0.497 e. The van der Waals surface area contributed by atoms with Crippen molar-refractivity contribution in [1.82, 2.24) is 9.21 Å². The summed E-state index contributed by atoms with van der Waals surface area (Å²) in [6.45, 7) is 3.91. The van der Waals surface area contributed by atoms with Crippen LogP contribution in [0, 0.1) is 0 Å². The summed E-state index contributed by atoms with van der Waals surface area (Å²) in [6, 6.07) is 12.4. The normalized spacial score (nSPS) is 17.8. The Balaban J connectivity index is 1.52. The van der Waals surface area contributed by atoms with Gasteiger partial charge in [0, 0.05) is 45.0 Å². The average molecular weight is 490 g/mol. The predicted octanol–water partition coefficient (Wildman–Crippen LogP) is 2.08. The van der Waals surface area contributed by atoms with Gasteiger partial charge in [0.25, 0.3) is 5.91 Å². The van der Waals surface area contributed by atoms with Gasteiger partial charge in [-0.15, -0.1) is 0 Å². The third-order valence-electron chi connectivity index (χ3n) is 6.23. The van der Waals surface area contributed by atoms with E-state index in [1.54, 1.807) is 18.1 Å². The van der Waals surface area contributed by atoms with Crippen LogP contribution in [0.5, 0.6) is 11.5 Å². The fraction of sp³-hybridized carbons (Fsp3) is 0.458. The van der Waals surface area contributed by atoms with Crippen LogP contribution in [0.25, 0.3) is 0 Å². The Kier molecular flexibility index (Phi) is 7.60. The van der Waals surface area contributed by atoms with E-state index in [2.05, 4.69) is 4.90 Å².